The summed E-state index contributed by atoms with van der Waals surface area (Å²) >= 11 is 3.84. The minimum atomic E-state index is -0.857. The Hall–Kier alpha value is -0.600. The molecular formula is C21H31NOS2. The van der Waals surface area contributed by atoms with Crippen LogP contribution >= 0.6 is 23.5 Å². The van der Waals surface area contributed by atoms with Crippen LogP contribution in [0.15, 0.2) is 30.3 Å². The molecule has 0 aliphatic carbocycles. The lowest BCUT2D eigenvalue weighted by Gasteiger charge is -2.46. The topological polar surface area (TPSA) is 23.5 Å². The molecule has 0 aromatic heterocycles. The Kier molecular flexibility index (Phi) is 8.22. The van der Waals surface area contributed by atoms with Crippen molar-refractivity contribution < 1.29 is 5.11 Å². The fraction of sp³-hybridized carbons (Fsp3) is 0.619. The summed E-state index contributed by atoms with van der Waals surface area (Å²) in [5.41, 5.74) is 0.151. The average molecular weight is 378 g/mol. The summed E-state index contributed by atoms with van der Waals surface area (Å²) in [5.74, 6) is 8.89. The van der Waals surface area contributed by atoms with Crippen molar-refractivity contribution >= 4 is 23.5 Å². The van der Waals surface area contributed by atoms with Gasteiger partial charge in [0.1, 0.15) is 5.60 Å². The van der Waals surface area contributed by atoms with Gasteiger partial charge in [-0.05, 0) is 49.9 Å². The van der Waals surface area contributed by atoms with Gasteiger partial charge in [-0.1, -0.05) is 50.1 Å². The van der Waals surface area contributed by atoms with Crippen LogP contribution in [-0.4, -0.2) is 45.2 Å². The molecule has 1 aromatic carbocycles. The maximum atomic E-state index is 11.5. The van der Waals surface area contributed by atoms with Crippen molar-refractivity contribution in [2.75, 3.05) is 31.1 Å². The molecule has 0 amide bonds. The molecule has 25 heavy (non-hydrogen) atoms. The van der Waals surface area contributed by atoms with Crippen LogP contribution < -0.4 is 0 Å². The van der Waals surface area contributed by atoms with E-state index in [1.807, 2.05) is 60.8 Å². The van der Waals surface area contributed by atoms with Gasteiger partial charge in [0.25, 0.3) is 0 Å². The zero-order chi connectivity index (χ0) is 18.2. The van der Waals surface area contributed by atoms with E-state index in [1.165, 1.54) is 6.42 Å². The molecule has 1 N–H and O–H groups in total. The molecule has 1 saturated heterocycles. The molecule has 2 nitrogen and oxygen atoms in total. The summed E-state index contributed by atoms with van der Waals surface area (Å²) in [6.07, 6.45) is 2.97. The standard InChI is InChI=1S/C21H31NOS2/c1-4-22(5-2)16-11-7-10-15-21(24-17-12-18-25-21)20(3,23)19-13-8-6-9-14-19/h6,8-9,13-14,23H,4-5,10,12,15-18H2,1-3H3. The van der Waals surface area contributed by atoms with Gasteiger partial charge < -0.3 is 5.11 Å². The Morgan fingerprint density at radius 1 is 1.12 bits per heavy atom. The van der Waals surface area contributed by atoms with E-state index >= 15 is 0 Å². The molecule has 0 saturated carbocycles. The van der Waals surface area contributed by atoms with Gasteiger partial charge in [-0.15, -0.1) is 29.4 Å². The summed E-state index contributed by atoms with van der Waals surface area (Å²) in [6, 6.07) is 10.1. The molecule has 0 bridgehead atoms. The number of benzene rings is 1. The fourth-order valence-corrected chi connectivity index (χ4v) is 6.70. The highest BCUT2D eigenvalue weighted by molar-refractivity contribution is 8.18. The Morgan fingerprint density at radius 2 is 1.76 bits per heavy atom. The molecule has 4 heteroatoms. The van der Waals surface area contributed by atoms with E-state index in [4.69, 9.17) is 0 Å². The van der Waals surface area contributed by atoms with Crippen LogP contribution in [0.25, 0.3) is 0 Å². The maximum Gasteiger partial charge on any atom is 0.111 e. The maximum absolute atomic E-state index is 11.5. The summed E-state index contributed by atoms with van der Waals surface area (Å²) in [7, 11) is 0. The second kappa shape index (κ2) is 9.92. The highest BCUT2D eigenvalue weighted by Crippen LogP contribution is 2.55. The minimum absolute atomic E-state index is 0.212. The predicted molar refractivity (Wildman–Crippen MR) is 113 cm³/mol. The van der Waals surface area contributed by atoms with Crippen LogP contribution in [0.1, 0.15) is 45.6 Å². The summed E-state index contributed by atoms with van der Waals surface area (Å²) in [5, 5.41) is 11.5. The Balaban J connectivity index is 2.09. The van der Waals surface area contributed by atoms with Gasteiger partial charge in [0, 0.05) is 6.42 Å². The lowest BCUT2D eigenvalue weighted by molar-refractivity contribution is 0.0413. The lowest BCUT2D eigenvalue weighted by Crippen LogP contribution is -2.46. The molecule has 1 fully saturated rings. The van der Waals surface area contributed by atoms with E-state index in [1.54, 1.807) is 0 Å². The van der Waals surface area contributed by atoms with Crippen molar-refractivity contribution in [1.29, 1.82) is 0 Å². The van der Waals surface area contributed by atoms with Crippen LogP contribution in [0.4, 0.5) is 0 Å². The van der Waals surface area contributed by atoms with Crippen LogP contribution in [-0.2, 0) is 5.60 Å². The third-order valence-corrected chi connectivity index (χ3v) is 8.77. The zero-order valence-corrected chi connectivity index (χ0v) is 17.4. The van der Waals surface area contributed by atoms with E-state index in [0.717, 1.165) is 49.5 Å². The van der Waals surface area contributed by atoms with Crippen LogP contribution in [0, 0.1) is 11.8 Å². The number of hydrogen-bond donors (Lipinski definition) is 1. The van der Waals surface area contributed by atoms with Gasteiger partial charge in [-0.25, -0.2) is 0 Å². The monoisotopic (exact) mass is 377 g/mol. The SMILES string of the molecule is CCN(CC)CC#CCCC1(C(C)(O)c2ccccc2)SCCCS1. The van der Waals surface area contributed by atoms with Crippen molar-refractivity contribution in [3.8, 4) is 11.8 Å². The third-order valence-electron chi connectivity index (χ3n) is 4.94. The first kappa shape index (κ1) is 20.7. The van der Waals surface area contributed by atoms with E-state index in [2.05, 4.69) is 30.6 Å². The summed E-state index contributed by atoms with van der Waals surface area (Å²) < 4.78 is -0.212. The van der Waals surface area contributed by atoms with E-state index in [-0.39, 0.29) is 4.08 Å². The number of aliphatic hydroxyl groups is 1. The van der Waals surface area contributed by atoms with Gasteiger partial charge in [0.05, 0.1) is 10.6 Å². The molecule has 1 aliphatic heterocycles. The molecule has 138 valence electrons. The summed E-state index contributed by atoms with van der Waals surface area (Å²) in [4.78, 5) is 2.33. The molecule has 1 heterocycles. The van der Waals surface area contributed by atoms with E-state index < -0.39 is 5.60 Å². The third kappa shape index (κ3) is 5.20. The summed E-state index contributed by atoms with van der Waals surface area (Å²) in [6.45, 7) is 9.26. The minimum Gasteiger partial charge on any atom is -0.383 e. The lowest BCUT2D eigenvalue weighted by atomic mass is 9.89. The molecule has 1 atom stereocenters. The van der Waals surface area contributed by atoms with Crippen LogP contribution in [0.5, 0.6) is 0 Å². The fourth-order valence-electron chi connectivity index (χ4n) is 3.16. The van der Waals surface area contributed by atoms with Crippen molar-refractivity contribution in [2.24, 2.45) is 0 Å². The first-order chi connectivity index (χ1) is 12.1. The molecule has 0 spiro atoms. The van der Waals surface area contributed by atoms with Crippen LogP contribution in [0.2, 0.25) is 0 Å². The quantitative estimate of drug-likeness (QED) is 0.702. The Bertz CT molecular complexity index is 567. The number of rotatable bonds is 7. The number of hydrogen-bond acceptors (Lipinski definition) is 4. The van der Waals surface area contributed by atoms with Crippen molar-refractivity contribution in [3.05, 3.63) is 35.9 Å². The molecule has 1 aromatic rings. The van der Waals surface area contributed by atoms with Crippen LogP contribution in [0.3, 0.4) is 0 Å². The first-order valence-corrected chi connectivity index (χ1v) is 11.3. The Morgan fingerprint density at radius 3 is 2.36 bits per heavy atom. The van der Waals surface area contributed by atoms with E-state index in [9.17, 15) is 5.11 Å². The second-order valence-electron chi connectivity index (χ2n) is 6.56. The largest absolute Gasteiger partial charge is 0.383 e. The van der Waals surface area contributed by atoms with Crippen molar-refractivity contribution in [3.63, 3.8) is 0 Å². The molecule has 1 unspecified atom stereocenters. The van der Waals surface area contributed by atoms with Gasteiger partial charge >= 0.3 is 0 Å². The Labute approximate surface area is 162 Å². The highest BCUT2D eigenvalue weighted by Gasteiger charge is 2.49. The smallest absolute Gasteiger partial charge is 0.111 e. The highest BCUT2D eigenvalue weighted by atomic mass is 32.2. The van der Waals surface area contributed by atoms with E-state index in [0.29, 0.717) is 0 Å². The van der Waals surface area contributed by atoms with Gasteiger partial charge in [0.2, 0.25) is 0 Å². The normalized spacial score (nSPS) is 19.1. The van der Waals surface area contributed by atoms with Gasteiger partial charge in [-0.2, -0.15) is 0 Å². The van der Waals surface area contributed by atoms with Crippen molar-refractivity contribution in [1.82, 2.24) is 4.90 Å². The molecule has 0 radical (unpaired) electrons. The second-order valence-corrected chi connectivity index (χ2v) is 9.60. The molecular weight excluding hydrogens is 346 g/mol. The zero-order valence-electron chi connectivity index (χ0n) is 15.8. The molecule has 2 rings (SSSR count). The predicted octanol–water partition coefficient (Wildman–Crippen LogP) is 4.59. The van der Waals surface area contributed by atoms with Gasteiger partial charge in [0.15, 0.2) is 0 Å². The average Bonchev–Trinajstić information content (AvgIpc) is 2.66. The number of nitrogens with zero attached hydrogens (tertiary/aromatic N) is 1. The van der Waals surface area contributed by atoms with Gasteiger partial charge in [-0.3, -0.25) is 4.90 Å². The van der Waals surface area contributed by atoms with Crippen molar-refractivity contribution in [2.45, 2.75) is 49.7 Å². The molecule has 1 aliphatic rings. The number of thioether (sulfide) groups is 2. The first-order valence-electron chi connectivity index (χ1n) is 9.29.